The number of ether oxygens (including phenoxy) is 1. The van der Waals surface area contributed by atoms with Crippen molar-refractivity contribution < 1.29 is 14.4 Å². The molecule has 7 nitrogen and oxygen atoms in total. The summed E-state index contributed by atoms with van der Waals surface area (Å²) in [6.45, 7) is 5.76. The van der Waals surface area contributed by atoms with E-state index in [4.69, 9.17) is 9.57 Å². The summed E-state index contributed by atoms with van der Waals surface area (Å²) in [6.07, 6.45) is 1.03. The van der Waals surface area contributed by atoms with Gasteiger partial charge in [-0.05, 0) is 25.8 Å². The first-order chi connectivity index (χ1) is 11.0. The minimum Gasteiger partial charge on any atom is -0.462 e. The van der Waals surface area contributed by atoms with Crippen LogP contribution in [0.2, 0.25) is 0 Å². The molecule has 3 rings (SSSR count). The largest absolute Gasteiger partial charge is 0.462 e. The second-order valence-electron chi connectivity index (χ2n) is 5.22. The molecule has 1 N–H and O–H groups in total. The number of hydrogen-bond donors (Lipinski definition) is 1. The maximum atomic E-state index is 12.4. The molecular weight excluding hydrogens is 318 g/mol. The fourth-order valence-corrected chi connectivity index (χ4v) is 3.57. The standard InChI is InChI=1S/C15H17N3O4S/c1-4-8-6-9(22-18-8)12-16-13(19)10-7(3)11(15(20)21-5-2)23-14(10)17-12/h9H,4-6H2,1-3H3,(H,16,17,19)/t9-/m1/s1. The quantitative estimate of drug-likeness (QED) is 0.867. The Morgan fingerprint density at radius 2 is 2.26 bits per heavy atom. The minimum absolute atomic E-state index is 0.275. The monoisotopic (exact) mass is 335 g/mol. The third kappa shape index (κ3) is 2.74. The normalized spacial score (nSPS) is 17.2. The highest BCUT2D eigenvalue weighted by Crippen LogP contribution is 2.30. The highest BCUT2D eigenvalue weighted by Gasteiger charge is 2.26. The van der Waals surface area contributed by atoms with Crippen LogP contribution < -0.4 is 5.56 Å². The lowest BCUT2D eigenvalue weighted by Crippen LogP contribution is -2.15. The summed E-state index contributed by atoms with van der Waals surface area (Å²) < 4.78 is 5.03. The molecule has 3 heterocycles. The molecule has 2 aromatic rings. The predicted octanol–water partition coefficient (Wildman–Crippen LogP) is 2.70. The van der Waals surface area contributed by atoms with Crippen LogP contribution in [-0.4, -0.2) is 28.3 Å². The van der Waals surface area contributed by atoms with Crippen LogP contribution in [0.5, 0.6) is 0 Å². The molecule has 0 saturated carbocycles. The van der Waals surface area contributed by atoms with Crippen molar-refractivity contribution in [3.05, 3.63) is 26.6 Å². The molecule has 1 aliphatic rings. The molecule has 0 saturated heterocycles. The summed E-state index contributed by atoms with van der Waals surface area (Å²) in [6, 6.07) is 0. The van der Waals surface area contributed by atoms with Crippen molar-refractivity contribution in [3.63, 3.8) is 0 Å². The fourth-order valence-electron chi connectivity index (χ4n) is 2.49. The summed E-state index contributed by atoms with van der Waals surface area (Å²) in [5.74, 6) is 0.00836. The highest BCUT2D eigenvalue weighted by atomic mass is 32.1. The van der Waals surface area contributed by atoms with Gasteiger partial charge in [0, 0.05) is 6.42 Å². The van der Waals surface area contributed by atoms with E-state index in [-0.39, 0.29) is 18.3 Å². The van der Waals surface area contributed by atoms with E-state index < -0.39 is 5.97 Å². The lowest BCUT2D eigenvalue weighted by atomic mass is 10.1. The molecule has 0 radical (unpaired) electrons. The van der Waals surface area contributed by atoms with E-state index in [1.54, 1.807) is 13.8 Å². The van der Waals surface area contributed by atoms with Gasteiger partial charge >= 0.3 is 5.97 Å². The van der Waals surface area contributed by atoms with Crippen molar-refractivity contribution in [1.82, 2.24) is 9.97 Å². The maximum absolute atomic E-state index is 12.4. The number of thiophene rings is 1. The SMILES string of the molecule is CCOC(=O)c1sc2nc([C@H]3CC(CC)=NO3)[nH]c(=O)c2c1C. The zero-order chi connectivity index (χ0) is 16.6. The molecule has 1 aliphatic heterocycles. The van der Waals surface area contributed by atoms with Gasteiger partial charge in [0.2, 0.25) is 0 Å². The molecule has 1 atom stereocenters. The Balaban J connectivity index is 2.02. The molecule has 0 fully saturated rings. The van der Waals surface area contributed by atoms with E-state index >= 15 is 0 Å². The minimum atomic E-state index is -0.428. The molecule has 0 unspecified atom stereocenters. The summed E-state index contributed by atoms with van der Waals surface area (Å²) in [5, 5.41) is 4.41. The second-order valence-corrected chi connectivity index (χ2v) is 6.22. The van der Waals surface area contributed by atoms with Crippen LogP contribution in [0.1, 0.15) is 53.9 Å². The number of hydrogen-bond acceptors (Lipinski definition) is 7. The molecule has 23 heavy (non-hydrogen) atoms. The smallest absolute Gasteiger partial charge is 0.348 e. The van der Waals surface area contributed by atoms with Crippen LogP contribution in [0.15, 0.2) is 9.95 Å². The predicted molar refractivity (Wildman–Crippen MR) is 87.1 cm³/mol. The number of oxime groups is 1. The Morgan fingerprint density at radius 1 is 1.48 bits per heavy atom. The van der Waals surface area contributed by atoms with Gasteiger partial charge in [0.05, 0.1) is 17.7 Å². The molecule has 0 spiro atoms. The average molecular weight is 335 g/mol. The van der Waals surface area contributed by atoms with Gasteiger partial charge in [0.1, 0.15) is 9.71 Å². The molecule has 8 heteroatoms. The van der Waals surface area contributed by atoms with Gasteiger partial charge < -0.3 is 14.6 Å². The fraction of sp³-hybridized carbons (Fsp3) is 0.467. The Labute approximate surface area is 136 Å². The number of aromatic nitrogens is 2. The summed E-state index contributed by atoms with van der Waals surface area (Å²) in [4.78, 5) is 37.8. The number of H-pyrrole nitrogens is 1. The number of nitrogens with one attached hydrogen (secondary N) is 1. The first-order valence-corrected chi connectivity index (χ1v) is 8.28. The molecule has 0 aromatic carbocycles. The van der Waals surface area contributed by atoms with Crippen molar-refractivity contribution in [2.24, 2.45) is 5.16 Å². The van der Waals surface area contributed by atoms with Crippen LogP contribution in [0.4, 0.5) is 0 Å². The molecule has 2 aromatic heterocycles. The second kappa shape index (κ2) is 6.11. The van der Waals surface area contributed by atoms with E-state index in [2.05, 4.69) is 15.1 Å². The maximum Gasteiger partial charge on any atom is 0.348 e. The Kier molecular flexibility index (Phi) is 4.16. The summed E-state index contributed by atoms with van der Waals surface area (Å²) in [5.41, 5.74) is 1.26. The zero-order valence-corrected chi connectivity index (χ0v) is 14.0. The van der Waals surface area contributed by atoms with Crippen LogP contribution >= 0.6 is 11.3 Å². The van der Waals surface area contributed by atoms with Crippen molar-refractivity contribution in [2.75, 3.05) is 6.61 Å². The van der Waals surface area contributed by atoms with Gasteiger partial charge in [0.15, 0.2) is 11.9 Å². The lowest BCUT2D eigenvalue weighted by molar-refractivity contribution is 0.0531. The number of nitrogens with zero attached hydrogens (tertiary/aromatic N) is 2. The first-order valence-electron chi connectivity index (χ1n) is 7.47. The van der Waals surface area contributed by atoms with Gasteiger partial charge in [-0.1, -0.05) is 12.1 Å². The third-order valence-electron chi connectivity index (χ3n) is 3.72. The zero-order valence-electron chi connectivity index (χ0n) is 13.1. The molecule has 0 amide bonds. The van der Waals surface area contributed by atoms with E-state index in [0.717, 1.165) is 12.1 Å². The molecule has 122 valence electrons. The number of esters is 1. The van der Waals surface area contributed by atoms with E-state index in [1.807, 2.05) is 6.92 Å². The van der Waals surface area contributed by atoms with Crippen molar-refractivity contribution >= 4 is 33.2 Å². The van der Waals surface area contributed by atoms with Crippen molar-refractivity contribution in [1.29, 1.82) is 0 Å². The number of aryl methyl sites for hydroxylation is 1. The van der Waals surface area contributed by atoms with Crippen LogP contribution in [-0.2, 0) is 9.57 Å². The van der Waals surface area contributed by atoms with Gasteiger partial charge in [-0.15, -0.1) is 11.3 Å². The number of carbonyl (C=O) groups is 1. The van der Waals surface area contributed by atoms with E-state index in [9.17, 15) is 9.59 Å². The Morgan fingerprint density at radius 3 is 2.91 bits per heavy atom. The number of carbonyl (C=O) groups excluding carboxylic acids is 1. The lowest BCUT2D eigenvalue weighted by Gasteiger charge is -2.06. The van der Waals surface area contributed by atoms with Crippen LogP contribution in [0.25, 0.3) is 10.2 Å². The van der Waals surface area contributed by atoms with Crippen molar-refractivity contribution in [3.8, 4) is 0 Å². The summed E-state index contributed by atoms with van der Waals surface area (Å²) >= 11 is 1.17. The van der Waals surface area contributed by atoms with Gasteiger partial charge in [0.25, 0.3) is 5.56 Å². The number of aromatic amines is 1. The molecule has 0 bridgehead atoms. The number of fused-ring (bicyclic) bond motifs is 1. The Hall–Kier alpha value is -2.22. The van der Waals surface area contributed by atoms with E-state index in [0.29, 0.717) is 32.9 Å². The van der Waals surface area contributed by atoms with Gasteiger partial charge in [-0.25, -0.2) is 9.78 Å². The first kappa shape index (κ1) is 15.7. The highest BCUT2D eigenvalue weighted by molar-refractivity contribution is 7.20. The Bertz CT molecular complexity index is 852. The van der Waals surface area contributed by atoms with Gasteiger partial charge in [-0.2, -0.15) is 0 Å². The van der Waals surface area contributed by atoms with Gasteiger partial charge in [-0.3, -0.25) is 4.79 Å². The van der Waals surface area contributed by atoms with Crippen molar-refractivity contribution in [2.45, 2.75) is 39.7 Å². The number of rotatable bonds is 4. The third-order valence-corrected chi connectivity index (χ3v) is 4.89. The topological polar surface area (TPSA) is 93.6 Å². The molecule has 0 aliphatic carbocycles. The van der Waals surface area contributed by atoms with Crippen LogP contribution in [0.3, 0.4) is 0 Å². The summed E-state index contributed by atoms with van der Waals surface area (Å²) in [7, 11) is 0. The van der Waals surface area contributed by atoms with Crippen LogP contribution in [0, 0.1) is 6.92 Å². The average Bonchev–Trinajstić information content (AvgIpc) is 3.12. The van der Waals surface area contributed by atoms with E-state index in [1.165, 1.54) is 11.3 Å². The molecular formula is C15H17N3O4S.